The highest BCUT2D eigenvalue weighted by molar-refractivity contribution is 5.27. The number of hydrogen-bond donors (Lipinski definition) is 1. The molecule has 0 aliphatic rings. The monoisotopic (exact) mass is 219 g/mol. The van der Waals surface area contributed by atoms with Crippen molar-refractivity contribution in [2.45, 2.75) is 19.9 Å². The molecule has 0 saturated heterocycles. The first-order chi connectivity index (χ1) is 7.79. The molecular formula is C11H17N5. The third kappa shape index (κ3) is 2.42. The summed E-state index contributed by atoms with van der Waals surface area (Å²) in [4.78, 5) is 4.28. The summed E-state index contributed by atoms with van der Waals surface area (Å²) in [5.41, 5.74) is 1.18. The Morgan fingerprint density at radius 2 is 2.31 bits per heavy atom. The lowest BCUT2D eigenvalue weighted by Crippen LogP contribution is -2.08. The van der Waals surface area contributed by atoms with Gasteiger partial charge in [-0.2, -0.15) is 5.10 Å². The summed E-state index contributed by atoms with van der Waals surface area (Å²) >= 11 is 0. The fraction of sp³-hybridized carbons (Fsp3) is 0.455. The predicted octanol–water partition coefficient (Wildman–Crippen LogP) is 1.49. The van der Waals surface area contributed by atoms with Crippen molar-refractivity contribution in [3.8, 4) is 0 Å². The maximum atomic E-state index is 4.28. The summed E-state index contributed by atoms with van der Waals surface area (Å²) < 4.78 is 3.90. The molecule has 0 aliphatic heterocycles. The van der Waals surface area contributed by atoms with E-state index in [0.29, 0.717) is 0 Å². The van der Waals surface area contributed by atoms with Crippen molar-refractivity contribution >= 4 is 5.95 Å². The van der Waals surface area contributed by atoms with E-state index < -0.39 is 0 Å². The van der Waals surface area contributed by atoms with Crippen molar-refractivity contribution in [1.29, 1.82) is 0 Å². The zero-order valence-corrected chi connectivity index (χ0v) is 9.72. The minimum absolute atomic E-state index is 0.805. The largest absolute Gasteiger partial charge is 0.356 e. The normalized spacial score (nSPS) is 10.6. The fourth-order valence-corrected chi connectivity index (χ4v) is 1.59. The van der Waals surface area contributed by atoms with Crippen molar-refractivity contribution in [3.63, 3.8) is 0 Å². The molecule has 2 heterocycles. The highest BCUT2D eigenvalue weighted by atomic mass is 15.2. The first-order valence-corrected chi connectivity index (χ1v) is 5.52. The van der Waals surface area contributed by atoms with Crippen LogP contribution in [0.5, 0.6) is 0 Å². The number of aryl methyl sites for hydroxylation is 1. The summed E-state index contributed by atoms with van der Waals surface area (Å²) in [6.07, 6.45) is 8.78. The van der Waals surface area contributed by atoms with Crippen LogP contribution in [0.3, 0.4) is 0 Å². The molecule has 2 rings (SSSR count). The Hall–Kier alpha value is -1.78. The molecule has 0 unspecified atom stereocenters. The number of anilines is 1. The first kappa shape index (κ1) is 10.7. The zero-order valence-electron chi connectivity index (χ0n) is 9.72. The third-order valence-electron chi connectivity index (χ3n) is 2.36. The van der Waals surface area contributed by atoms with Gasteiger partial charge >= 0.3 is 0 Å². The SMILES string of the molecule is CCCNc1nccn1Cc1cnn(C)c1. The summed E-state index contributed by atoms with van der Waals surface area (Å²) in [5.74, 6) is 0.922. The maximum absolute atomic E-state index is 4.28. The molecule has 0 saturated carbocycles. The van der Waals surface area contributed by atoms with Gasteiger partial charge in [0, 0.05) is 37.7 Å². The van der Waals surface area contributed by atoms with Gasteiger partial charge in [0.05, 0.1) is 12.7 Å². The molecule has 1 N–H and O–H groups in total. The lowest BCUT2D eigenvalue weighted by molar-refractivity contribution is 0.762. The topological polar surface area (TPSA) is 47.7 Å². The quantitative estimate of drug-likeness (QED) is 0.828. The van der Waals surface area contributed by atoms with Crippen LogP contribution in [-0.2, 0) is 13.6 Å². The van der Waals surface area contributed by atoms with Crippen LogP contribution in [0.15, 0.2) is 24.8 Å². The molecule has 0 aliphatic carbocycles. The minimum atomic E-state index is 0.805. The van der Waals surface area contributed by atoms with E-state index in [4.69, 9.17) is 0 Å². The molecule has 0 radical (unpaired) electrons. The van der Waals surface area contributed by atoms with E-state index in [2.05, 4.69) is 26.9 Å². The van der Waals surface area contributed by atoms with Crippen molar-refractivity contribution < 1.29 is 0 Å². The molecule has 2 aromatic heterocycles. The van der Waals surface area contributed by atoms with E-state index in [9.17, 15) is 0 Å². The number of aromatic nitrogens is 4. The zero-order chi connectivity index (χ0) is 11.4. The van der Waals surface area contributed by atoms with Crippen molar-refractivity contribution in [2.24, 2.45) is 7.05 Å². The van der Waals surface area contributed by atoms with E-state index in [1.54, 1.807) is 0 Å². The average Bonchev–Trinajstić information content (AvgIpc) is 2.86. The van der Waals surface area contributed by atoms with Gasteiger partial charge in [-0.3, -0.25) is 4.68 Å². The molecule has 0 atom stereocenters. The molecule has 2 aromatic rings. The van der Waals surface area contributed by atoms with E-state index in [-0.39, 0.29) is 0 Å². The Labute approximate surface area is 95.1 Å². The van der Waals surface area contributed by atoms with Gasteiger partial charge in [0.15, 0.2) is 0 Å². The van der Waals surface area contributed by atoms with Crippen LogP contribution in [0.4, 0.5) is 5.95 Å². The molecule has 86 valence electrons. The van der Waals surface area contributed by atoms with Crippen LogP contribution in [-0.4, -0.2) is 25.9 Å². The number of nitrogens with zero attached hydrogens (tertiary/aromatic N) is 4. The number of nitrogens with one attached hydrogen (secondary N) is 1. The molecule has 5 heteroatoms. The Morgan fingerprint density at radius 3 is 3.00 bits per heavy atom. The first-order valence-electron chi connectivity index (χ1n) is 5.52. The Bertz CT molecular complexity index is 443. The number of imidazole rings is 1. The smallest absolute Gasteiger partial charge is 0.203 e. The standard InChI is InChI=1S/C11H17N5/c1-3-4-12-11-13-5-6-16(11)9-10-7-14-15(2)8-10/h5-8H,3-4,9H2,1-2H3,(H,12,13). The van der Waals surface area contributed by atoms with Crippen LogP contribution in [0, 0.1) is 0 Å². The van der Waals surface area contributed by atoms with Gasteiger partial charge in [0.1, 0.15) is 0 Å². The lowest BCUT2D eigenvalue weighted by atomic mass is 10.3. The molecule has 16 heavy (non-hydrogen) atoms. The number of hydrogen-bond acceptors (Lipinski definition) is 3. The number of rotatable bonds is 5. The van der Waals surface area contributed by atoms with Gasteiger partial charge in [0.2, 0.25) is 5.95 Å². The van der Waals surface area contributed by atoms with Crippen LogP contribution in [0.1, 0.15) is 18.9 Å². The van der Waals surface area contributed by atoms with Crippen molar-refractivity contribution in [3.05, 3.63) is 30.4 Å². The van der Waals surface area contributed by atoms with Crippen molar-refractivity contribution in [2.75, 3.05) is 11.9 Å². The van der Waals surface area contributed by atoms with E-state index in [0.717, 1.165) is 25.5 Å². The van der Waals surface area contributed by atoms with E-state index in [1.165, 1.54) is 5.56 Å². The van der Waals surface area contributed by atoms with E-state index >= 15 is 0 Å². The Morgan fingerprint density at radius 1 is 1.44 bits per heavy atom. The van der Waals surface area contributed by atoms with Crippen LogP contribution in [0.2, 0.25) is 0 Å². The third-order valence-corrected chi connectivity index (χ3v) is 2.36. The summed E-state index contributed by atoms with van der Waals surface area (Å²) in [6.45, 7) is 3.89. The molecule has 5 nitrogen and oxygen atoms in total. The predicted molar refractivity (Wildman–Crippen MR) is 63.3 cm³/mol. The minimum Gasteiger partial charge on any atom is -0.356 e. The second-order valence-electron chi connectivity index (χ2n) is 3.83. The summed E-state index contributed by atoms with van der Waals surface area (Å²) in [7, 11) is 1.92. The Kier molecular flexibility index (Phi) is 3.24. The fourth-order valence-electron chi connectivity index (χ4n) is 1.59. The average molecular weight is 219 g/mol. The van der Waals surface area contributed by atoms with Gasteiger partial charge in [-0.1, -0.05) is 6.92 Å². The summed E-state index contributed by atoms with van der Waals surface area (Å²) in [5, 5.41) is 7.45. The highest BCUT2D eigenvalue weighted by Crippen LogP contribution is 2.08. The van der Waals surface area contributed by atoms with Gasteiger partial charge in [-0.25, -0.2) is 4.98 Å². The lowest BCUT2D eigenvalue weighted by Gasteiger charge is -2.07. The second kappa shape index (κ2) is 4.83. The van der Waals surface area contributed by atoms with E-state index in [1.807, 2.05) is 36.5 Å². The van der Waals surface area contributed by atoms with Gasteiger partial charge in [-0.15, -0.1) is 0 Å². The summed E-state index contributed by atoms with van der Waals surface area (Å²) in [6, 6.07) is 0. The molecule has 0 amide bonds. The van der Waals surface area contributed by atoms with Crippen LogP contribution >= 0.6 is 0 Å². The van der Waals surface area contributed by atoms with Crippen LogP contribution in [0.25, 0.3) is 0 Å². The highest BCUT2D eigenvalue weighted by Gasteiger charge is 2.03. The maximum Gasteiger partial charge on any atom is 0.203 e. The molecule has 0 aromatic carbocycles. The molecular weight excluding hydrogens is 202 g/mol. The molecule has 0 bridgehead atoms. The Balaban J connectivity index is 2.06. The van der Waals surface area contributed by atoms with Gasteiger partial charge < -0.3 is 9.88 Å². The van der Waals surface area contributed by atoms with Crippen LogP contribution < -0.4 is 5.32 Å². The van der Waals surface area contributed by atoms with Crippen molar-refractivity contribution in [1.82, 2.24) is 19.3 Å². The molecule has 0 spiro atoms. The van der Waals surface area contributed by atoms with Gasteiger partial charge in [0.25, 0.3) is 0 Å². The molecule has 0 fully saturated rings. The second-order valence-corrected chi connectivity index (χ2v) is 3.83. The van der Waals surface area contributed by atoms with Gasteiger partial charge in [-0.05, 0) is 6.42 Å².